The lowest BCUT2D eigenvalue weighted by Gasteiger charge is -2.21. The van der Waals surface area contributed by atoms with E-state index in [0.717, 1.165) is 54.6 Å². The van der Waals surface area contributed by atoms with Gasteiger partial charge in [-0.05, 0) is 47.7 Å². The van der Waals surface area contributed by atoms with Gasteiger partial charge in [0.2, 0.25) is 0 Å². The maximum absolute atomic E-state index is 13.1. The van der Waals surface area contributed by atoms with Gasteiger partial charge in [-0.15, -0.1) is 29.3 Å². The molecule has 7 nitrogen and oxygen atoms in total. The number of nitrogens with one attached hydrogen (secondary N) is 1. The van der Waals surface area contributed by atoms with E-state index in [1.807, 2.05) is 59.5 Å². The van der Waals surface area contributed by atoms with Crippen LogP contribution in [0.5, 0.6) is 0 Å². The summed E-state index contributed by atoms with van der Waals surface area (Å²) in [6.07, 6.45) is 0.979. The monoisotopic (exact) mass is 430 g/mol. The molecule has 1 saturated heterocycles. The summed E-state index contributed by atoms with van der Waals surface area (Å²) in [5.41, 5.74) is 1.66. The van der Waals surface area contributed by atoms with Gasteiger partial charge in [-0.3, -0.25) is 4.79 Å². The van der Waals surface area contributed by atoms with Gasteiger partial charge in [-0.2, -0.15) is 4.68 Å². The quantitative estimate of drug-likeness (QED) is 0.627. The third-order valence-corrected chi connectivity index (χ3v) is 5.71. The summed E-state index contributed by atoms with van der Waals surface area (Å²) in [7, 11) is 0. The van der Waals surface area contributed by atoms with Crippen LogP contribution in [0.1, 0.15) is 22.6 Å². The molecule has 0 atom stereocenters. The van der Waals surface area contributed by atoms with Crippen molar-refractivity contribution in [3.63, 3.8) is 0 Å². The second kappa shape index (κ2) is 10.4. The Bertz CT molecular complexity index is 927. The molecule has 1 aliphatic heterocycles. The molecule has 2 aromatic carbocycles. The Kier molecular flexibility index (Phi) is 7.62. The van der Waals surface area contributed by atoms with E-state index in [1.54, 1.807) is 16.4 Å². The van der Waals surface area contributed by atoms with E-state index >= 15 is 0 Å². The molecule has 9 heteroatoms. The number of rotatable bonds is 5. The predicted octanol–water partition coefficient (Wildman–Crippen LogP) is 2.81. The summed E-state index contributed by atoms with van der Waals surface area (Å²) in [5.74, 6) is 1.42. The normalized spacial score (nSPS) is 14.1. The zero-order chi connectivity index (χ0) is 19.2. The number of para-hydroxylation sites is 1. The molecule has 3 aromatic rings. The zero-order valence-electron chi connectivity index (χ0n) is 15.9. The van der Waals surface area contributed by atoms with Gasteiger partial charge in [0, 0.05) is 24.5 Å². The van der Waals surface area contributed by atoms with Gasteiger partial charge in [0.25, 0.3) is 5.91 Å². The molecule has 0 saturated carbocycles. The Morgan fingerprint density at radius 2 is 1.83 bits per heavy atom. The van der Waals surface area contributed by atoms with Crippen molar-refractivity contribution in [1.29, 1.82) is 0 Å². The molecule has 1 aliphatic rings. The Hall–Kier alpha value is -2.42. The van der Waals surface area contributed by atoms with Gasteiger partial charge >= 0.3 is 0 Å². The maximum Gasteiger partial charge on any atom is 0.255 e. The summed E-state index contributed by atoms with van der Waals surface area (Å²) in [6.45, 7) is 3.33. The lowest BCUT2D eigenvalue weighted by Crippen LogP contribution is -2.34. The standard InChI is InChI=1S/C20H22N6OS.ClH/c27-20(25-13-6-11-21-12-14-25)17-9-4-5-10-18(17)28-15-19-22-23-24-26(19)16-7-2-1-3-8-16;/h1-5,7-10,21H,6,11-15H2;1H. The van der Waals surface area contributed by atoms with Gasteiger partial charge in [-0.1, -0.05) is 30.3 Å². The molecular formula is C20H23ClN6OS. The molecule has 152 valence electrons. The molecular weight excluding hydrogens is 408 g/mol. The van der Waals surface area contributed by atoms with Crippen molar-refractivity contribution >= 4 is 30.1 Å². The fraction of sp³-hybridized carbons (Fsp3) is 0.300. The van der Waals surface area contributed by atoms with E-state index in [-0.39, 0.29) is 18.3 Å². The van der Waals surface area contributed by atoms with Gasteiger partial charge in [-0.25, -0.2) is 0 Å². The first-order valence-corrected chi connectivity index (χ1v) is 10.4. The molecule has 2 heterocycles. The summed E-state index contributed by atoms with van der Waals surface area (Å²) in [6, 6.07) is 17.6. The number of nitrogens with zero attached hydrogens (tertiary/aromatic N) is 5. The molecule has 4 rings (SSSR count). The molecule has 0 unspecified atom stereocenters. The lowest BCUT2D eigenvalue weighted by atomic mass is 10.2. The number of benzene rings is 2. The van der Waals surface area contributed by atoms with Crippen molar-refractivity contribution in [2.75, 3.05) is 26.2 Å². The highest BCUT2D eigenvalue weighted by Crippen LogP contribution is 2.27. The van der Waals surface area contributed by atoms with Crippen molar-refractivity contribution in [3.8, 4) is 5.69 Å². The third-order valence-electron chi connectivity index (χ3n) is 4.64. The largest absolute Gasteiger partial charge is 0.337 e. The predicted molar refractivity (Wildman–Crippen MR) is 116 cm³/mol. The van der Waals surface area contributed by atoms with Crippen molar-refractivity contribution in [3.05, 3.63) is 66.0 Å². The average Bonchev–Trinajstić information content (AvgIpc) is 3.05. The molecule has 0 bridgehead atoms. The molecule has 1 aromatic heterocycles. The number of hydrogen-bond donors (Lipinski definition) is 1. The second-order valence-corrected chi connectivity index (χ2v) is 7.54. The molecule has 1 N–H and O–H groups in total. The van der Waals surface area contributed by atoms with Crippen LogP contribution in [0.3, 0.4) is 0 Å². The first-order valence-electron chi connectivity index (χ1n) is 9.37. The van der Waals surface area contributed by atoms with Crippen LogP contribution in [-0.2, 0) is 5.75 Å². The summed E-state index contributed by atoms with van der Waals surface area (Å²) in [5, 5.41) is 15.4. The summed E-state index contributed by atoms with van der Waals surface area (Å²) in [4.78, 5) is 16.0. The first kappa shape index (κ1) is 21.3. The topological polar surface area (TPSA) is 75.9 Å². The number of halogens is 1. The molecule has 1 amide bonds. The molecule has 0 aliphatic carbocycles. The van der Waals surface area contributed by atoms with Crippen molar-refractivity contribution in [1.82, 2.24) is 30.4 Å². The minimum atomic E-state index is 0. The third kappa shape index (κ3) is 5.14. The summed E-state index contributed by atoms with van der Waals surface area (Å²) >= 11 is 1.58. The molecule has 0 radical (unpaired) electrons. The second-order valence-electron chi connectivity index (χ2n) is 6.52. The Morgan fingerprint density at radius 3 is 2.69 bits per heavy atom. The first-order chi connectivity index (χ1) is 13.8. The van der Waals surface area contributed by atoms with Crippen LogP contribution in [0, 0.1) is 0 Å². The van der Waals surface area contributed by atoms with E-state index in [0.29, 0.717) is 5.75 Å². The van der Waals surface area contributed by atoms with Crippen LogP contribution in [0.15, 0.2) is 59.5 Å². The fourth-order valence-corrected chi connectivity index (χ4v) is 4.15. The number of amides is 1. The minimum absolute atomic E-state index is 0. The molecule has 1 fully saturated rings. The van der Waals surface area contributed by atoms with E-state index in [9.17, 15) is 4.79 Å². The number of hydrogen-bond acceptors (Lipinski definition) is 6. The van der Waals surface area contributed by atoms with Crippen LogP contribution in [0.25, 0.3) is 5.69 Å². The SMILES string of the molecule is Cl.O=C(c1ccccc1SCc1nnnn1-c1ccccc1)N1CCCNCC1. The average molecular weight is 431 g/mol. The highest BCUT2D eigenvalue weighted by molar-refractivity contribution is 7.98. The zero-order valence-corrected chi connectivity index (χ0v) is 17.5. The van der Waals surface area contributed by atoms with Crippen LogP contribution < -0.4 is 5.32 Å². The highest BCUT2D eigenvalue weighted by atomic mass is 35.5. The Labute approximate surface area is 180 Å². The number of carbonyl (C=O) groups excluding carboxylic acids is 1. The number of carbonyl (C=O) groups is 1. The van der Waals surface area contributed by atoms with Crippen LogP contribution in [-0.4, -0.2) is 57.2 Å². The van der Waals surface area contributed by atoms with Gasteiger partial charge in [0.1, 0.15) is 0 Å². The van der Waals surface area contributed by atoms with Gasteiger partial charge < -0.3 is 10.2 Å². The van der Waals surface area contributed by atoms with E-state index in [2.05, 4.69) is 20.8 Å². The van der Waals surface area contributed by atoms with Crippen molar-refractivity contribution in [2.45, 2.75) is 17.1 Å². The molecule has 29 heavy (non-hydrogen) atoms. The van der Waals surface area contributed by atoms with Crippen LogP contribution in [0.2, 0.25) is 0 Å². The van der Waals surface area contributed by atoms with Crippen LogP contribution in [0.4, 0.5) is 0 Å². The Balaban J connectivity index is 0.00000240. The Morgan fingerprint density at radius 1 is 1.03 bits per heavy atom. The molecule has 0 spiro atoms. The van der Waals surface area contributed by atoms with Crippen molar-refractivity contribution in [2.24, 2.45) is 0 Å². The van der Waals surface area contributed by atoms with E-state index in [1.165, 1.54) is 0 Å². The number of aromatic nitrogens is 4. The number of tetrazole rings is 1. The lowest BCUT2D eigenvalue weighted by molar-refractivity contribution is 0.0763. The minimum Gasteiger partial charge on any atom is -0.337 e. The van der Waals surface area contributed by atoms with Crippen LogP contribution >= 0.6 is 24.2 Å². The van der Waals surface area contributed by atoms with E-state index < -0.39 is 0 Å². The number of thioether (sulfide) groups is 1. The smallest absolute Gasteiger partial charge is 0.255 e. The van der Waals surface area contributed by atoms with Gasteiger partial charge in [0.15, 0.2) is 5.82 Å². The van der Waals surface area contributed by atoms with Gasteiger partial charge in [0.05, 0.1) is 17.0 Å². The van der Waals surface area contributed by atoms with E-state index in [4.69, 9.17) is 0 Å². The van der Waals surface area contributed by atoms with Crippen molar-refractivity contribution < 1.29 is 4.79 Å². The summed E-state index contributed by atoms with van der Waals surface area (Å²) < 4.78 is 1.73. The fourth-order valence-electron chi connectivity index (χ4n) is 3.20. The highest BCUT2D eigenvalue weighted by Gasteiger charge is 2.20. The maximum atomic E-state index is 13.1.